The second-order valence-electron chi connectivity index (χ2n) is 12.7. The summed E-state index contributed by atoms with van der Waals surface area (Å²) in [6.07, 6.45) is 10.2. The summed E-state index contributed by atoms with van der Waals surface area (Å²) >= 11 is 0. The van der Waals surface area contributed by atoms with Crippen LogP contribution in [-0.4, -0.2) is 19.9 Å². The molecule has 240 valence electrons. The van der Waals surface area contributed by atoms with Crippen LogP contribution in [0.2, 0.25) is 0 Å². The standard InChI is InChI=1S/C45H28N4O2/c1-3-9-32(10-4-1)45(33-11-5-2-6-12-33)38-25-29(30-16-19-40(48-27-30)43-46-21-23-50-43)15-18-36(38)42-35-14-8-7-13-34(35)37(26-39(42)45)31-17-20-41(49-28-31)44-47-22-24-51-44/h1-28H. The van der Waals surface area contributed by atoms with Crippen molar-refractivity contribution in [1.29, 1.82) is 0 Å². The van der Waals surface area contributed by atoms with Crippen molar-refractivity contribution in [2.75, 3.05) is 0 Å². The summed E-state index contributed by atoms with van der Waals surface area (Å²) in [4.78, 5) is 18.1. The molecule has 6 nitrogen and oxygen atoms in total. The Labute approximate surface area is 293 Å². The fraction of sp³-hybridized carbons (Fsp3) is 0.0222. The minimum atomic E-state index is -0.612. The molecule has 6 heteroatoms. The molecule has 1 aliphatic rings. The first kappa shape index (κ1) is 29.0. The molecule has 1 aliphatic carbocycles. The van der Waals surface area contributed by atoms with Crippen LogP contribution in [-0.2, 0) is 5.41 Å². The summed E-state index contributed by atoms with van der Waals surface area (Å²) in [5, 5.41) is 2.36. The average Bonchev–Trinajstić information content (AvgIpc) is 4.00. The number of aromatic nitrogens is 4. The molecular weight excluding hydrogens is 629 g/mol. The Kier molecular flexibility index (Phi) is 6.61. The molecule has 0 atom stereocenters. The minimum Gasteiger partial charge on any atom is -0.443 e. The van der Waals surface area contributed by atoms with Crippen LogP contribution in [0.15, 0.2) is 180 Å². The van der Waals surface area contributed by atoms with Gasteiger partial charge in [0.05, 0.1) is 17.8 Å². The molecule has 4 aromatic heterocycles. The van der Waals surface area contributed by atoms with Crippen molar-refractivity contribution in [1.82, 2.24) is 19.9 Å². The second kappa shape index (κ2) is 11.6. The van der Waals surface area contributed by atoms with Crippen molar-refractivity contribution >= 4 is 10.8 Å². The normalized spacial score (nSPS) is 12.9. The zero-order valence-electron chi connectivity index (χ0n) is 27.3. The molecule has 0 fully saturated rings. The highest BCUT2D eigenvalue weighted by Crippen LogP contribution is 2.59. The SMILES string of the molecule is c1ccc(C2(c3ccccc3)c3cc(-c4ccc(-c5ncco5)nc4)ccc3-c3c2cc(-c2ccc(-c4ncco4)nc2)c2ccccc32)cc1. The smallest absolute Gasteiger partial charge is 0.244 e. The van der Waals surface area contributed by atoms with Gasteiger partial charge in [0, 0.05) is 23.5 Å². The fourth-order valence-electron chi connectivity index (χ4n) is 7.83. The van der Waals surface area contributed by atoms with Gasteiger partial charge >= 0.3 is 0 Å². The zero-order valence-corrected chi connectivity index (χ0v) is 27.3. The van der Waals surface area contributed by atoms with Gasteiger partial charge in [-0.25, -0.2) is 9.97 Å². The topological polar surface area (TPSA) is 77.8 Å². The summed E-state index contributed by atoms with van der Waals surface area (Å²) in [6.45, 7) is 0. The van der Waals surface area contributed by atoms with Crippen molar-refractivity contribution in [3.63, 3.8) is 0 Å². The number of hydrogen-bond donors (Lipinski definition) is 0. The quantitative estimate of drug-likeness (QED) is 0.177. The van der Waals surface area contributed by atoms with E-state index in [-0.39, 0.29) is 0 Å². The van der Waals surface area contributed by atoms with E-state index in [1.165, 1.54) is 44.2 Å². The van der Waals surface area contributed by atoms with Crippen LogP contribution in [0.3, 0.4) is 0 Å². The van der Waals surface area contributed by atoms with Crippen molar-refractivity contribution in [2.45, 2.75) is 5.41 Å². The second-order valence-corrected chi connectivity index (χ2v) is 12.7. The number of oxazole rings is 2. The van der Waals surface area contributed by atoms with Crippen LogP contribution < -0.4 is 0 Å². The highest BCUT2D eigenvalue weighted by molar-refractivity contribution is 6.10. The molecule has 0 bridgehead atoms. The predicted molar refractivity (Wildman–Crippen MR) is 199 cm³/mol. The van der Waals surface area contributed by atoms with E-state index >= 15 is 0 Å². The van der Waals surface area contributed by atoms with Crippen LogP contribution in [0.5, 0.6) is 0 Å². The Morgan fingerprint density at radius 1 is 0.431 bits per heavy atom. The van der Waals surface area contributed by atoms with Crippen LogP contribution in [0.1, 0.15) is 22.3 Å². The Morgan fingerprint density at radius 2 is 1.00 bits per heavy atom. The molecule has 51 heavy (non-hydrogen) atoms. The number of hydrogen-bond acceptors (Lipinski definition) is 6. The van der Waals surface area contributed by atoms with Crippen molar-refractivity contribution < 1.29 is 8.83 Å². The summed E-state index contributed by atoms with van der Waals surface area (Å²) in [5.41, 5.74) is 12.3. The summed E-state index contributed by atoms with van der Waals surface area (Å²) in [7, 11) is 0. The van der Waals surface area contributed by atoms with Gasteiger partial charge in [-0.2, -0.15) is 0 Å². The maximum atomic E-state index is 5.54. The maximum Gasteiger partial charge on any atom is 0.244 e. The fourth-order valence-corrected chi connectivity index (χ4v) is 7.83. The van der Waals surface area contributed by atoms with Gasteiger partial charge < -0.3 is 8.83 Å². The van der Waals surface area contributed by atoms with Crippen LogP contribution in [0.25, 0.3) is 67.3 Å². The van der Waals surface area contributed by atoms with Crippen molar-refractivity contribution in [3.05, 3.63) is 193 Å². The lowest BCUT2D eigenvalue weighted by atomic mass is 9.67. The average molecular weight is 657 g/mol. The number of fused-ring (bicyclic) bond motifs is 5. The van der Waals surface area contributed by atoms with E-state index in [0.717, 1.165) is 22.3 Å². The first-order chi connectivity index (χ1) is 25.3. The van der Waals surface area contributed by atoms with Crippen LogP contribution in [0.4, 0.5) is 0 Å². The third-order valence-corrected chi connectivity index (χ3v) is 10.0. The highest BCUT2D eigenvalue weighted by atomic mass is 16.3. The largest absolute Gasteiger partial charge is 0.443 e. The van der Waals surface area contributed by atoms with E-state index in [4.69, 9.17) is 18.8 Å². The van der Waals surface area contributed by atoms with Gasteiger partial charge in [0.2, 0.25) is 11.8 Å². The van der Waals surface area contributed by atoms with Crippen molar-refractivity contribution in [2.24, 2.45) is 0 Å². The minimum absolute atomic E-state index is 0.501. The van der Waals surface area contributed by atoms with Crippen LogP contribution >= 0.6 is 0 Å². The van der Waals surface area contributed by atoms with E-state index in [1.807, 2.05) is 24.5 Å². The molecule has 5 aromatic carbocycles. The first-order valence-electron chi connectivity index (χ1n) is 16.8. The molecule has 0 amide bonds. The molecule has 0 N–H and O–H groups in total. The molecule has 10 rings (SSSR count). The Morgan fingerprint density at radius 3 is 1.57 bits per heavy atom. The maximum absolute atomic E-state index is 5.54. The molecular formula is C45H28N4O2. The van der Waals surface area contributed by atoms with E-state index in [0.29, 0.717) is 23.2 Å². The van der Waals surface area contributed by atoms with E-state index in [2.05, 4.69) is 131 Å². The number of pyridine rings is 2. The highest BCUT2D eigenvalue weighted by Gasteiger charge is 2.47. The molecule has 9 aromatic rings. The molecule has 0 spiro atoms. The third-order valence-electron chi connectivity index (χ3n) is 10.0. The molecule has 0 radical (unpaired) electrons. The molecule has 0 unspecified atom stereocenters. The predicted octanol–water partition coefficient (Wildman–Crippen LogP) is 10.6. The van der Waals surface area contributed by atoms with E-state index in [1.54, 1.807) is 24.9 Å². The van der Waals surface area contributed by atoms with Gasteiger partial charge in [0.25, 0.3) is 0 Å². The Balaban J connectivity index is 1.25. The summed E-state index contributed by atoms with van der Waals surface area (Å²) in [6, 6.07) is 47.9. The lowest BCUT2D eigenvalue weighted by Crippen LogP contribution is -2.28. The van der Waals surface area contributed by atoms with Gasteiger partial charge in [-0.3, -0.25) is 9.97 Å². The summed E-state index contributed by atoms with van der Waals surface area (Å²) in [5.74, 6) is 1.00. The Hall–Kier alpha value is -6.92. The molecule has 4 heterocycles. The zero-order chi connectivity index (χ0) is 33.8. The molecule has 0 saturated carbocycles. The van der Waals surface area contributed by atoms with E-state index in [9.17, 15) is 0 Å². The van der Waals surface area contributed by atoms with Gasteiger partial charge in [0.1, 0.15) is 23.9 Å². The Bertz CT molecular complexity index is 2610. The van der Waals surface area contributed by atoms with Gasteiger partial charge in [0.15, 0.2) is 0 Å². The van der Waals surface area contributed by atoms with Gasteiger partial charge in [-0.05, 0) is 79.5 Å². The lowest BCUT2D eigenvalue weighted by Gasteiger charge is -2.34. The van der Waals surface area contributed by atoms with Crippen molar-refractivity contribution in [3.8, 4) is 56.6 Å². The summed E-state index contributed by atoms with van der Waals surface area (Å²) < 4.78 is 11.0. The molecule has 0 aliphatic heterocycles. The number of rotatable bonds is 6. The van der Waals surface area contributed by atoms with Gasteiger partial charge in [-0.15, -0.1) is 0 Å². The van der Waals surface area contributed by atoms with E-state index < -0.39 is 5.41 Å². The number of benzene rings is 5. The first-order valence-corrected chi connectivity index (χ1v) is 16.8. The number of nitrogens with zero attached hydrogens (tertiary/aromatic N) is 4. The lowest BCUT2D eigenvalue weighted by molar-refractivity contribution is 0.572. The monoisotopic (exact) mass is 656 g/mol. The van der Waals surface area contributed by atoms with Crippen LogP contribution in [0, 0.1) is 0 Å². The molecule has 0 saturated heterocycles. The third kappa shape index (κ3) is 4.50. The van der Waals surface area contributed by atoms with Gasteiger partial charge in [-0.1, -0.05) is 109 Å².